The molecule has 1 aromatic carbocycles. The zero-order valence-electron chi connectivity index (χ0n) is 9.81. The zero-order valence-corrected chi connectivity index (χ0v) is 9.81. The number of amides is 1. The maximum Gasteiger partial charge on any atom is 0.326 e. The minimum atomic E-state index is -1.09. The van der Waals surface area contributed by atoms with Crippen molar-refractivity contribution in [1.29, 1.82) is 0 Å². The second kappa shape index (κ2) is 3.31. The fourth-order valence-corrected chi connectivity index (χ4v) is 2.67. The summed E-state index contributed by atoms with van der Waals surface area (Å²) in [6.07, 6.45) is 1.43. The van der Waals surface area contributed by atoms with Gasteiger partial charge in [0.25, 0.3) is 0 Å². The third-order valence-electron chi connectivity index (χ3n) is 3.86. The van der Waals surface area contributed by atoms with Crippen LogP contribution in [0.3, 0.4) is 0 Å². The molecular weight excluding hydrogens is 237 g/mol. The van der Waals surface area contributed by atoms with Crippen LogP contribution in [0.15, 0.2) is 18.2 Å². The third-order valence-corrected chi connectivity index (χ3v) is 3.86. The number of hydrogen-bond donors (Lipinski definition) is 1. The van der Waals surface area contributed by atoms with E-state index in [1.165, 1.54) is 24.0 Å². The summed E-state index contributed by atoms with van der Waals surface area (Å²) in [5.41, 5.74) is 0.599. The average molecular weight is 249 g/mol. The molecule has 4 nitrogen and oxygen atoms in total. The topological polar surface area (TPSA) is 57.6 Å². The Labute approximate surface area is 103 Å². The van der Waals surface area contributed by atoms with Crippen molar-refractivity contribution in [3.63, 3.8) is 0 Å². The molecule has 5 heteroatoms. The SMILES string of the molecule is CC(C(=O)O)N1C(=O)C2(CC2)c2ccc(F)cc21. The second-order valence-corrected chi connectivity index (χ2v) is 4.93. The Bertz CT molecular complexity index is 565. The first-order chi connectivity index (χ1) is 8.47. The summed E-state index contributed by atoms with van der Waals surface area (Å²) in [5, 5.41) is 9.06. The van der Waals surface area contributed by atoms with Crippen LogP contribution < -0.4 is 4.90 Å². The highest BCUT2D eigenvalue weighted by atomic mass is 19.1. The fraction of sp³-hybridized carbons (Fsp3) is 0.385. The summed E-state index contributed by atoms with van der Waals surface area (Å²) in [5.74, 6) is -1.75. The molecule has 0 aromatic heterocycles. The summed E-state index contributed by atoms with van der Waals surface area (Å²) < 4.78 is 13.3. The van der Waals surface area contributed by atoms with E-state index in [0.29, 0.717) is 18.5 Å². The number of rotatable bonds is 2. The fourth-order valence-electron chi connectivity index (χ4n) is 2.67. The van der Waals surface area contributed by atoms with Gasteiger partial charge in [-0.1, -0.05) is 6.07 Å². The Morgan fingerprint density at radius 1 is 1.50 bits per heavy atom. The minimum absolute atomic E-state index is 0.210. The van der Waals surface area contributed by atoms with E-state index in [0.717, 1.165) is 5.56 Å². The second-order valence-electron chi connectivity index (χ2n) is 4.93. The van der Waals surface area contributed by atoms with Crippen molar-refractivity contribution < 1.29 is 19.1 Å². The van der Waals surface area contributed by atoms with Gasteiger partial charge in [0.2, 0.25) is 5.91 Å². The average Bonchev–Trinajstić information content (AvgIpc) is 3.06. The van der Waals surface area contributed by atoms with Crippen molar-refractivity contribution in [2.24, 2.45) is 0 Å². The first kappa shape index (κ1) is 11.2. The first-order valence-electron chi connectivity index (χ1n) is 5.84. The van der Waals surface area contributed by atoms with Crippen molar-refractivity contribution >= 4 is 17.6 Å². The van der Waals surface area contributed by atoms with Crippen LogP contribution in [0.4, 0.5) is 10.1 Å². The number of halogens is 1. The van der Waals surface area contributed by atoms with E-state index in [-0.39, 0.29) is 5.91 Å². The molecule has 1 unspecified atom stereocenters. The Morgan fingerprint density at radius 3 is 2.72 bits per heavy atom. The molecule has 3 rings (SSSR count). The molecule has 0 saturated heterocycles. The standard InChI is InChI=1S/C13H12FNO3/c1-7(11(16)17)15-10-6-8(14)2-3-9(10)13(4-5-13)12(15)18/h2-3,6-7H,4-5H2,1H3,(H,16,17). The monoisotopic (exact) mass is 249 g/mol. The first-order valence-corrected chi connectivity index (χ1v) is 5.84. The van der Waals surface area contributed by atoms with E-state index in [9.17, 15) is 14.0 Å². The van der Waals surface area contributed by atoms with Gasteiger partial charge in [0.1, 0.15) is 11.9 Å². The molecule has 1 atom stereocenters. The van der Waals surface area contributed by atoms with E-state index in [1.807, 2.05) is 0 Å². The van der Waals surface area contributed by atoms with Gasteiger partial charge in [0.05, 0.1) is 11.1 Å². The van der Waals surface area contributed by atoms with Crippen LogP contribution in [0.1, 0.15) is 25.3 Å². The molecule has 1 N–H and O–H groups in total. The number of nitrogens with zero attached hydrogens (tertiary/aromatic N) is 1. The number of carbonyl (C=O) groups is 2. The molecule has 1 aliphatic carbocycles. The molecule has 18 heavy (non-hydrogen) atoms. The lowest BCUT2D eigenvalue weighted by atomic mass is 9.98. The number of anilines is 1. The molecule has 1 fully saturated rings. The van der Waals surface area contributed by atoms with Crippen molar-refractivity contribution in [3.8, 4) is 0 Å². The Morgan fingerprint density at radius 2 is 2.17 bits per heavy atom. The summed E-state index contributed by atoms with van der Waals surface area (Å²) in [6, 6.07) is 3.20. The maximum absolute atomic E-state index is 13.3. The van der Waals surface area contributed by atoms with E-state index in [2.05, 4.69) is 0 Å². The normalized spacial score (nSPS) is 21.0. The number of hydrogen-bond acceptors (Lipinski definition) is 2. The molecule has 0 bridgehead atoms. The highest BCUT2D eigenvalue weighted by molar-refractivity contribution is 6.12. The summed E-state index contributed by atoms with van der Waals surface area (Å²) >= 11 is 0. The molecule has 94 valence electrons. The van der Waals surface area contributed by atoms with Gasteiger partial charge in [-0.05, 0) is 37.5 Å². The molecule has 0 radical (unpaired) electrons. The summed E-state index contributed by atoms with van der Waals surface area (Å²) in [4.78, 5) is 24.6. The van der Waals surface area contributed by atoms with Gasteiger partial charge in [0, 0.05) is 0 Å². The zero-order chi connectivity index (χ0) is 13.1. The van der Waals surface area contributed by atoms with E-state index >= 15 is 0 Å². The Balaban J connectivity index is 2.16. The molecule has 1 aliphatic heterocycles. The Hall–Kier alpha value is -1.91. The number of fused-ring (bicyclic) bond motifs is 2. The lowest BCUT2D eigenvalue weighted by Gasteiger charge is -2.22. The summed E-state index contributed by atoms with van der Waals surface area (Å²) in [6.45, 7) is 1.44. The van der Waals surface area contributed by atoms with Gasteiger partial charge in [-0.3, -0.25) is 9.69 Å². The Kier molecular flexibility index (Phi) is 2.06. The van der Waals surface area contributed by atoms with E-state index in [1.54, 1.807) is 6.07 Å². The molecular formula is C13H12FNO3. The van der Waals surface area contributed by atoms with Crippen LogP contribution in [-0.4, -0.2) is 23.0 Å². The number of carboxylic acid groups (broad SMARTS) is 1. The maximum atomic E-state index is 13.3. The highest BCUT2D eigenvalue weighted by Crippen LogP contribution is 2.57. The lowest BCUT2D eigenvalue weighted by Crippen LogP contribution is -2.43. The van der Waals surface area contributed by atoms with Crippen molar-refractivity contribution in [3.05, 3.63) is 29.6 Å². The third kappa shape index (κ3) is 1.24. The molecule has 1 amide bonds. The molecule has 1 heterocycles. The van der Waals surface area contributed by atoms with E-state index < -0.39 is 23.2 Å². The van der Waals surface area contributed by atoms with Crippen molar-refractivity contribution in [2.75, 3.05) is 4.90 Å². The number of carbonyl (C=O) groups excluding carboxylic acids is 1. The number of carboxylic acids is 1. The van der Waals surface area contributed by atoms with Gasteiger partial charge in [-0.25, -0.2) is 9.18 Å². The predicted octanol–water partition coefficient (Wildman–Crippen LogP) is 1.68. The van der Waals surface area contributed by atoms with Gasteiger partial charge >= 0.3 is 5.97 Å². The van der Waals surface area contributed by atoms with Crippen molar-refractivity contribution in [1.82, 2.24) is 0 Å². The van der Waals surface area contributed by atoms with Crippen LogP contribution in [0.5, 0.6) is 0 Å². The highest BCUT2D eigenvalue weighted by Gasteiger charge is 2.60. The largest absolute Gasteiger partial charge is 0.480 e. The van der Waals surface area contributed by atoms with Crippen LogP contribution in [-0.2, 0) is 15.0 Å². The van der Waals surface area contributed by atoms with E-state index in [4.69, 9.17) is 5.11 Å². The number of aliphatic carboxylic acids is 1. The van der Waals surface area contributed by atoms with Crippen LogP contribution in [0, 0.1) is 5.82 Å². The van der Waals surface area contributed by atoms with Crippen LogP contribution in [0.2, 0.25) is 0 Å². The number of benzene rings is 1. The molecule has 2 aliphatic rings. The van der Waals surface area contributed by atoms with Gasteiger partial charge < -0.3 is 5.11 Å². The smallest absolute Gasteiger partial charge is 0.326 e. The predicted molar refractivity (Wildman–Crippen MR) is 61.9 cm³/mol. The molecule has 1 aromatic rings. The van der Waals surface area contributed by atoms with Crippen LogP contribution >= 0.6 is 0 Å². The quantitative estimate of drug-likeness (QED) is 0.867. The summed E-state index contributed by atoms with van der Waals surface area (Å²) in [7, 11) is 0. The molecule has 1 spiro atoms. The molecule has 1 saturated carbocycles. The van der Waals surface area contributed by atoms with Gasteiger partial charge in [-0.2, -0.15) is 0 Å². The lowest BCUT2D eigenvalue weighted by molar-refractivity contribution is -0.139. The minimum Gasteiger partial charge on any atom is -0.480 e. The van der Waals surface area contributed by atoms with Gasteiger partial charge in [-0.15, -0.1) is 0 Å². The van der Waals surface area contributed by atoms with Crippen LogP contribution in [0.25, 0.3) is 0 Å². The van der Waals surface area contributed by atoms with Crippen molar-refractivity contribution in [2.45, 2.75) is 31.2 Å². The van der Waals surface area contributed by atoms with Gasteiger partial charge in [0.15, 0.2) is 0 Å².